The Balaban J connectivity index is 1.85. The predicted octanol–water partition coefficient (Wildman–Crippen LogP) is 0.905. The first-order valence-electron chi connectivity index (χ1n) is 7.21. The van der Waals surface area contributed by atoms with E-state index in [1.165, 1.54) is 0 Å². The van der Waals surface area contributed by atoms with Gasteiger partial charge in [0, 0.05) is 19.5 Å². The zero-order chi connectivity index (χ0) is 15.5. The van der Waals surface area contributed by atoms with Gasteiger partial charge in [0.1, 0.15) is 5.76 Å². The lowest BCUT2D eigenvalue weighted by Gasteiger charge is -2.22. The Morgan fingerprint density at radius 1 is 1.62 bits per heavy atom. The molecule has 6 nitrogen and oxygen atoms in total. The number of hydrogen-bond acceptors (Lipinski definition) is 4. The van der Waals surface area contributed by atoms with Crippen LogP contribution in [0.15, 0.2) is 22.8 Å². The molecule has 0 unspecified atom stereocenters. The molecule has 1 aliphatic heterocycles. The Kier molecular flexibility index (Phi) is 4.67. The van der Waals surface area contributed by atoms with Crippen LogP contribution in [0.3, 0.4) is 0 Å². The summed E-state index contributed by atoms with van der Waals surface area (Å²) in [5, 5.41) is 12.6. The second-order valence-electron chi connectivity index (χ2n) is 5.82. The largest absolute Gasteiger partial charge is 0.467 e. The van der Waals surface area contributed by atoms with Crippen molar-refractivity contribution in [1.29, 1.82) is 0 Å². The van der Waals surface area contributed by atoms with Gasteiger partial charge in [-0.2, -0.15) is 0 Å². The number of carbonyl (C=O) groups is 2. The summed E-state index contributed by atoms with van der Waals surface area (Å²) in [5.41, 5.74) is -0.911. The maximum Gasteiger partial charge on any atom is 0.225 e. The van der Waals surface area contributed by atoms with Gasteiger partial charge in [0.15, 0.2) is 0 Å². The van der Waals surface area contributed by atoms with E-state index in [9.17, 15) is 14.7 Å². The topological polar surface area (TPSA) is 82.8 Å². The zero-order valence-corrected chi connectivity index (χ0v) is 12.5. The first kappa shape index (κ1) is 15.6. The van der Waals surface area contributed by atoms with E-state index in [1.807, 2.05) is 6.92 Å². The maximum absolute atomic E-state index is 12.1. The molecule has 1 aromatic rings. The third kappa shape index (κ3) is 4.07. The number of carbonyl (C=O) groups excluding carboxylic acids is 2. The van der Waals surface area contributed by atoms with Crippen LogP contribution in [0.2, 0.25) is 0 Å². The third-order valence-corrected chi connectivity index (χ3v) is 3.92. The number of nitrogens with one attached hydrogen (secondary N) is 1. The van der Waals surface area contributed by atoms with Crippen molar-refractivity contribution in [3.8, 4) is 0 Å². The van der Waals surface area contributed by atoms with E-state index in [0.717, 1.165) is 0 Å². The van der Waals surface area contributed by atoms with Gasteiger partial charge in [-0.15, -0.1) is 0 Å². The molecule has 0 aliphatic carbocycles. The van der Waals surface area contributed by atoms with E-state index < -0.39 is 5.60 Å². The van der Waals surface area contributed by atoms with Crippen molar-refractivity contribution in [3.05, 3.63) is 24.2 Å². The molecule has 116 valence electrons. The number of rotatable bonds is 6. The first-order valence-corrected chi connectivity index (χ1v) is 7.21. The molecule has 2 atom stereocenters. The molecule has 0 bridgehead atoms. The van der Waals surface area contributed by atoms with E-state index in [2.05, 4.69) is 5.32 Å². The van der Waals surface area contributed by atoms with Crippen LogP contribution in [0.25, 0.3) is 0 Å². The highest BCUT2D eigenvalue weighted by Gasteiger charge is 2.35. The van der Waals surface area contributed by atoms with Gasteiger partial charge in [-0.05, 0) is 25.5 Å². The van der Waals surface area contributed by atoms with Crippen LogP contribution in [0.5, 0.6) is 0 Å². The summed E-state index contributed by atoms with van der Waals surface area (Å²) in [6.45, 7) is 4.51. The van der Waals surface area contributed by atoms with Crippen LogP contribution < -0.4 is 5.32 Å². The summed E-state index contributed by atoms with van der Waals surface area (Å²) in [6, 6.07) is 3.58. The minimum absolute atomic E-state index is 0.0474. The smallest absolute Gasteiger partial charge is 0.225 e. The van der Waals surface area contributed by atoms with Gasteiger partial charge in [0.05, 0.1) is 24.3 Å². The molecule has 2 amide bonds. The summed E-state index contributed by atoms with van der Waals surface area (Å²) >= 11 is 0. The highest BCUT2D eigenvalue weighted by molar-refractivity contribution is 5.89. The third-order valence-electron chi connectivity index (χ3n) is 3.92. The van der Waals surface area contributed by atoms with Crippen molar-refractivity contribution in [2.75, 3.05) is 13.1 Å². The fraction of sp³-hybridized carbons (Fsp3) is 0.600. The summed E-state index contributed by atoms with van der Waals surface area (Å²) in [6.07, 6.45) is 2.33. The Labute approximate surface area is 124 Å². The van der Waals surface area contributed by atoms with Crippen LogP contribution in [-0.4, -0.2) is 40.5 Å². The minimum atomic E-state index is -0.911. The molecular formula is C15H22N2O4. The number of likely N-dealkylation sites (tertiary alicyclic amines) is 1. The predicted molar refractivity (Wildman–Crippen MR) is 76.2 cm³/mol. The highest BCUT2D eigenvalue weighted by Crippen LogP contribution is 2.20. The molecular weight excluding hydrogens is 272 g/mol. The summed E-state index contributed by atoms with van der Waals surface area (Å²) in [4.78, 5) is 25.6. The molecule has 21 heavy (non-hydrogen) atoms. The lowest BCUT2D eigenvalue weighted by molar-refractivity contribution is -0.129. The van der Waals surface area contributed by atoms with Gasteiger partial charge >= 0.3 is 0 Å². The number of hydrogen-bond donors (Lipinski definition) is 2. The van der Waals surface area contributed by atoms with Gasteiger partial charge < -0.3 is 19.7 Å². The quantitative estimate of drug-likeness (QED) is 0.817. The molecule has 2 rings (SSSR count). The van der Waals surface area contributed by atoms with Crippen LogP contribution in [0.1, 0.15) is 32.4 Å². The van der Waals surface area contributed by atoms with Crippen LogP contribution in [0.4, 0.5) is 0 Å². The molecule has 1 fully saturated rings. The second kappa shape index (κ2) is 6.30. The number of amides is 2. The van der Waals surface area contributed by atoms with Gasteiger partial charge in [0.2, 0.25) is 11.8 Å². The van der Waals surface area contributed by atoms with Crippen molar-refractivity contribution >= 4 is 11.8 Å². The van der Waals surface area contributed by atoms with Crippen LogP contribution in [-0.2, 0) is 16.1 Å². The minimum Gasteiger partial charge on any atom is -0.467 e. The van der Waals surface area contributed by atoms with Crippen molar-refractivity contribution in [2.45, 2.75) is 38.8 Å². The Hall–Kier alpha value is -1.82. The van der Waals surface area contributed by atoms with Crippen molar-refractivity contribution in [3.63, 3.8) is 0 Å². The molecule has 1 saturated heterocycles. The molecule has 2 heterocycles. The monoisotopic (exact) mass is 294 g/mol. The molecule has 1 aromatic heterocycles. The number of nitrogens with zero attached hydrogens (tertiary/aromatic N) is 1. The fourth-order valence-electron chi connectivity index (χ4n) is 2.24. The van der Waals surface area contributed by atoms with Crippen molar-refractivity contribution in [2.24, 2.45) is 5.92 Å². The van der Waals surface area contributed by atoms with Gasteiger partial charge in [-0.3, -0.25) is 9.59 Å². The van der Waals surface area contributed by atoms with E-state index in [0.29, 0.717) is 25.3 Å². The highest BCUT2D eigenvalue weighted by atomic mass is 16.3. The van der Waals surface area contributed by atoms with Gasteiger partial charge in [0.25, 0.3) is 0 Å². The standard InChI is InChI=1S/C15H22N2O4/c1-3-15(2,20)10-16-14(19)11-7-13(18)17(8-11)9-12-5-4-6-21-12/h4-6,11,20H,3,7-10H2,1-2H3,(H,16,19)/t11-,15-/m0/s1. The molecule has 6 heteroatoms. The normalized spacial score (nSPS) is 21.4. The van der Waals surface area contributed by atoms with Gasteiger partial charge in [-0.1, -0.05) is 6.92 Å². The lowest BCUT2D eigenvalue weighted by atomic mass is 10.0. The molecule has 0 aromatic carbocycles. The fourth-order valence-corrected chi connectivity index (χ4v) is 2.24. The molecule has 2 N–H and O–H groups in total. The average Bonchev–Trinajstić information content (AvgIpc) is 3.07. The van der Waals surface area contributed by atoms with E-state index >= 15 is 0 Å². The zero-order valence-electron chi connectivity index (χ0n) is 12.5. The molecule has 0 radical (unpaired) electrons. The molecule has 1 aliphatic rings. The van der Waals surface area contributed by atoms with Crippen LogP contribution >= 0.6 is 0 Å². The summed E-state index contributed by atoms with van der Waals surface area (Å²) < 4.78 is 5.22. The second-order valence-corrected chi connectivity index (χ2v) is 5.82. The number of aliphatic hydroxyl groups is 1. The van der Waals surface area contributed by atoms with Crippen LogP contribution in [0, 0.1) is 5.92 Å². The Morgan fingerprint density at radius 3 is 3.00 bits per heavy atom. The van der Waals surface area contributed by atoms with Crippen molar-refractivity contribution < 1.29 is 19.1 Å². The Morgan fingerprint density at radius 2 is 2.38 bits per heavy atom. The van der Waals surface area contributed by atoms with Crippen molar-refractivity contribution in [1.82, 2.24) is 10.2 Å². The molecule has 0 spiro atoms. The maximum atomic E-state index is 12.1. The molecule has 0 saturated carbocycles. The summed E-state index contributed by atoms with van der Waals surface area (Å²) in [5.74, 6) is 0.117. The summed E-state index contributed by atoms with van der Waals surface area (Å²) in [7, 11) is 0. The SMILES string of the molecule is CC[C@](C)(O)CNC(=O)[C@H]1CC(=O)N(Cc2ccco2)C1. The first-order chi connectivity index (χ1) is 9.91. The van der Waals surface area contributed by atoms with E-state index in [4.69, 9.17) is 4.42 Å². The van der Waals surface area contributed by atoms with E-state index in [-0.39, 0.29) is 30.7 Å². The lowest BCUT2D eigenvalue weighted by Crippen LogP contribution is -2.42. The van der Waals surface area contributed by atoms with Gasteiger partial charge in [-0.25, -0.2) is 0 Å². The van der Waals surface area contributed by atoms with E-state index in [1.54, 1.807) is 30.2 Å². The number of furan rings is 1. The Bertz CT molecular complexity index is 496. The average molecular weight is 294 g/mol.